The molecule has 0 saturated heterocycles. The van der Waals surface area contributed by atoms with Crippen LogP contribution in [-0.4, -0.2) is 31.6 Å². The zero-order chi connectivity index (χ0) is 18.8. The Morgan fingerprint density at radius 1 is 1.00 bits per heavy atom. The van der Waals surface area contributed by atoms with Crippen molar-refractivity contribution in [3.8, 4) is 23.2 Å². The quantitative estimate of drug-likeness (QED) is 0.394. The first-order valence-electron chi connectivity index (χ1n) is 7.91. The molecule has 2 aromatic heterocycles. The monoisotopic (exact) mass is 363 g/mol. The summed E-state index contributed by atoms with van der Waals surface area (Å²) in [6, 6.07) is 13.9. The van der Waals surface area contributed by atoms with Gasteiger partial charge in [0.2, 0.25) is 5.82 Å². The van der Waals surface area contributed by atoms with E-state index in [1.807, 2.05) is 18.2 Å². The van der Waals surface area contributed by atoms with Crippen LogP contribution in [0.3, 0.4) is 0 Å². The van der Waals surface area contributed by atoms with Gasteiger partial charge in [0.15, 0.2) is 0 Å². The highest BCUT2D eigenvalue weighted by atomic mass is 16.6. The Kier molecular flexibility index (Phi) is 4.09. The lowest BCUT2D eigenvalue weighted by atomic mass is 10.3. The van der Waals surface area contributed by atoms with Gasteiger partial charge in [0, 0.05) is 0 Å². The van der Waals surface area contributed by atoms with E-state index in [0.717, 1.165) is 0 Å². The van der Waals surface area contributed by atoms with Gasteiger partial charge in [-0.1, -0.05) is 12.1 Å². The molecule has 134 valence electrons. The van der Waals surface area contributed by atoms with Gasteiger partial charge >= 0.3 is 11.6 Å². The Bertz CT molecular complexity index is 1120. The summed E-state index contributed by atoms with van der Waals surface area (Å²) < 4.78 is 12.3. The average molecular weight is 363 g/mol. The fourth-order valence-electron chi connectivity index (χ4n) is 2.65. The number of nitrogens with zero attached hydrogens (tertiary/aromatic N) is 5. The minimum absolute atomic E-state index is 0.0761. The largest absolute Gasteiger partial charge is 0.497 e. The summed E-state index contributed by atoms with van der Waals surface area (Å²) in [6.45, 7) is 0. The van der Waals surface area contributed by atoms with E-state index in [9.17, 15) is 10.1 Å². The predicted molar refractivity (Wildman–Crippen MR) is 96.4 cm³/mol. The maximum Gasteiger partial charge on any atom is 0.374 e. The summed E-state index contributed by atoms with van der Waals surface area (Å²) in [6.07, 6.45) is 2.70. The summed E-state index contributed by atoms with van der Waals surface area (Å²) in [5.41, 5.74) is 1.04. The molecule has 9 heteroatoms. The highest BCUT2D eigenvalue weighted by Gasteiger charge is 2.27. The van der Waals surface area contributed by atoms with Gasteiger partial charge in [-0.25, -0.2) is 9.97 Å². The van der Waals surface area contributed by atoms with Crippen LogP contribution in [-0.2, 0) is 0 Å². The second kappa shape index (κ2) is 6.71. The van der Waals surface area contributed by atoms with Crippen LogP contribution in [0.1, 0.15) is 0 Å². The molecule has 2 heterocycles. The Morgan fingerprint density at radius 2 is 1.74 bits per heavy atom. The maximum absolute atomic E-state index is 11.8. The van der Waals surface area contributed by atoms with E-state index >= 15 is 0 Å². The molecule has 0 saturated carbocycles. The average Bonchev–Trinajstić information content (AvgIpc) is 3.12. The van der Waals surface area contributed by atoms with E-state index < -0.39 is 4.92 Å². The van der Waals surface area contributed by atoms with Crippen LogP contribution in [0, 0.1) is 10.1 Å². The van der Waals surface area contributed by atoms with Crippen LogP contribution in [0.15, 0.2) is 61.2 Å². The van der Waals surface area contributed by atoms with Crippen molar-refractivity contribution in [3.63, 3.8) is 0 Å². The van der Waals surface area contributed by atoms with Gasteiger partial charge < -0.3 is 9.47 Å². The third kappa shape index (κ3) is 3.01. The van der Waals surface area contributed by atoms with Gasteiger partial charge in [-0.15, -0.1) is 0 Å². The number of nitro groups is 1. The van der Waals surface area contributed by atoms with E-state index in [-0.39, 0.29) is 17.4 Å². The highest BCUT2D eigenvalue weighted by Crippen LogP contribution is 2.34. The zero-order valence-electron chi connectivity index (χ0n) is 14.1. The van der Waals surface area contributed by atoms with Crippen molar-refractivity contribution in [2.45, 2.75) is 0 Å². The number of imidazole rings is 1. The lowest BCUT2D eigenvalue weighted by Gasteiger charge is -2.09. The third-order valence-electron chi connectivity index (χ3n) is 3.91. The molecule has 27 heavy (non-hydrogen) atoms. The first-order chi connectivity index (χ1) is 13.2. The molecule has 0 amide bonds. The molecule has 0 aliphatic carbocycles. The molecule has 4 rings (SSSR count). The van der Waals surface area contributed by atoms with E-state index in [2.05, 4.69) is 15.0 Å². The molecule has 0 aliphatic heterocycles. The van der Waals surface area contributed by atoms with Gasteiger partial charge in [-0.05, 0) is 36.4 Å². The number of methoxy groups -OCH3 is 1. The molecule has 0 N–H and O–H groups in total. The third-order valence-corrected chi connectivity index (χ3v) is 3.91. The number of rotatable bonds is 5. The summed E-state index contributed by atoms with van der Waals surface area (Å²) in [4.78, 5) is 23.5. The summed E-state index contributed by atoms with van der Waals surface area (Å²) >= 11 is 0. The molecular formula is C18H13N5O4. The Morgan fingerprint density at radius 3 is 2.48 bits per heavy atom. The number of hydrogen-bond acceptors (Lipinski definition) is 7. The Hall–Kier alpha value is -4.01. The van der Waals surface area contributed by atoms with E-state index in [1.165, 1.54) is 17.2 Å². The molecule has 0 radical (unpaired) electrons. The van der Waals surface area contributed by atoms with Crippen LogP contribution in [0.25, 0.3) is 16.9 Å². The van der Waals surface area contributed by atoms with Gasteiger partial charge in [-0.3, -0.25) is 14.7 Å². The van der Waals surface area contributed by atoms with Crippen LogP contribution in [0.2, 0.25) is 0 Å². The Labute approximate surface area is 153 Å². The lowest BCUT2D eigenvalue weighted by molar-refractivity contribution is -0.386. The van der Waals surface area contributed by atoms with E-state index in [0.29, 0.717) is 22.5 Å². The molecule has 9 nitrogen and oxygen atoms in total. The molecule has 0 fully saturated rings. The lowest BCUT2D eigenvalue weighted by Crippen LogP contribution is -2.05. The second-order valence-corrected chi connectivity index (χ2v) is 5.49. The Balaban J connectivity index is 1.81. The molecule has 0 aliphatic rings. The predicted octanol–water partition coefficient (Wildman–Crippen LogP) is 3.52. The normalized spacial score (nSPS) is 10.7. The van der Waals surface area contributed by atoms with Crippen molar-refractivity contribution >= 4 is 16.7 Å². The van der Waals surface area contributed by atoms with Crippen molar-refractivity contribution in [1.29, 1.82) is 0 Å². The fraction of sp³-hybridized carbons (Fsp3) is 0.0556. The molecule has 4 aromatic rings. The van der Waals surface area contributed by atoms with Gasteiger partial charge in [-0.2, -0.15) is 4.98 Å². The summed E-state index contributed by atoms with van der Waals surface area (Å²) in [7, 11) is 1.55. The molecule has 0 bridgehead atoms. The number of aromatic nitrogens is 4. The first-order valence-corrected chi connectivity index (χ1v) is 7.91. The number of para-hydroxylation sites is 2. The minimum Gasteiger partial charge on any atom is -0.497 e. The molecule has 0 spiro atoms. The van der Waals surface area contributed by atoms with Crippen molar-refractivity contribution in [2.75, 3.05) is 7.11 Å². The molecule has 2 aromatic carbocycles. The van der Waals surface area contributed by atoms with Crippen LogP contribution in [0.4, 0.5) is 5.69 Å². The van der Waals surface area contributed by atoms with Gasteiger partial charge in [0.05, 0.1) is 23.1 Å². The molecular weight excluding hydrogens is 350 g/mol. The van der Waals surface area contributed by atoms with E-state index in [1.54, 1.807) is 37.4 Å². The van der Waals surface area contributed by atoms with Crippen molar-refractivity contribution in [1.82, 2.24) is 19.5 Å². The fourth-order valence-corrected chi connectivity index (χ4v) is 2.65. The number of benzene rings is 2. The van der Waals surface area contributed by atoms with Gasteiger partial charge in [0.1, 0.15) is 24.2 Å². The highest BCUT2D eigenvalue weighted by molar-refractivity contribution is 5.78. The SMILES string of the molecule is COc1ccc(Oc2ncnc(-n3cnc4ccccc43)c2[N+](=O)[O-])cc1. The van der Waals surface area contributed by atoms with E-state index in [4.69, 9.17) is 9.47 Å². The zero-order valence-corrected chi connectivity index (χ0v) is 14.1. The smallest absolute Gasteiger partial charge is 0.374 e. The molecule has 0 atom stereocenters. The number of hydrogen-bond donors (Lipinski definition) is 0. The summed E-state index contributed by atoms with van der Waals surface area (Å²) in [5.74, 6) is 0.948. The number of fused-ring (bicyclic) bond motifs is 1. The number of ether oxygens (including phenoxy) is 2. The van der Waals surface area contributed by atoms with Crippen molar-refractivity contribution < 1.29 is 14.4 Å². The second-order valence-electron chi connectivity index (χ2n) is 5.49. The standard InChI is InChI=1S/C18H13N5O4/c1-26-12-6-8-13(9-7-12)27-18-16(23(24)25)17(19-10-20-18)22-11-21-14-4-2-3-5-15(14)22/h2-11H,1H3. The van der Waals surface area contributed by atoms with Gasteiger partial charge in [0.25, 0.3) is 0 Å². The first kappa shape index (κ1) is 16.5. The van der Waals surface area contributed by atoms with Crippen molar-refractivity contribution in [2.24, 2.45) is 0 Å². The van der Waals surface area contributed by atoms with Crippen LogP contribution < -0.4 is 9.47 Å². The maximum atomic E-state index is 11.8. The molecule has 0 unspecified atom stereocenters. The van der Waals surface area contributed by atoms with Crippen molar-refractivity contribution in [3.05, 3.63) is 71.3 Å². The van der Waals surface area contributed by atoms with Crippen LogP contribution >= 0.6 is 0 Å². The minimum atomic E-state index is -0.567. The topological polar surface area (TPSA) is 105 Å². The van der Waals surface area contributed by atoms with Crippen LogP contribution in [0.5, 0.6) is 17.4 Å². The summed E-state index contributed by atoms with van der Waals surface area (Å²) in [5, 5.41) is 11.8.